The minimum Gasteiger partial charge on any atom is -0.383 e. The summed E-state index contributed by atoms with van der Waals surface area (Å²) < 4.78 is 0. The second kappa shape index (κ2) is 4.51. The van der Waals surface area contributed by atoms with Crippen LogP contribution in [0, 0.1) is 13.8 Å². The van der Waals surface area contributed by atoms with Crippen molar-refractivity contribution in [3.63, 3.8) is 0 Å². The van der Waals surface area contributed by atoms with E-state index in [1.165, 1.54) is 0 Å². The van der Waals surface area contributed by atoms with Crippen molar-refractivity contribution in [2.24, 2.45) is 0 Å². The maximum absolute atomic E-state index is 10.3. The number of aryl methyl sites for hydroxylation is 2. The molecule has 3 N–H and O–H groups in total. The Hall–Kier alpha value is -1.94. The summed E-state index contributed by atoms with van der Waals surface area (Å²) in [5, 5.41) is 10.3. The lowest BCUT2D eigenvalue weighted by atomic mass is 9.99. The third-order valence-corrected chi connectivity index (χ3v) is 2.75. The number of aliphatic hydroxyl groups is 1. The fraction of sp³-hybridized carbons (Fsp3) is 0.231. The van der Waals surface area contributed by atoms with Gasteiger partial charge < -0.3 is 10.8 Å². The predicted octanol–water partition coefficient (Wildman–Crippen LogP) is 1.76. The van der Waals surface area contributed by atoms with Gasteiger partial charge in [-0.05, 0) is 37.1 Å². The molecule has 0 amide bonds. The van der Waals surface area contributed by atoms with E-state index in [0.29, 0.717) is 11.4 Å². The van der Waals surface area contributed by atoms with Gasteiger partial charge in [0, 0.05) is 29.7 Å². The van der Waals surface area contributed by atoms with E-state index in [9.17, 15) is 5.11 Å². The Morgan fingerprint density at radius 3 is 2.71 bits per heavy atom. The van der Waals surface area contributed by atoms with Crippen LogP contribution in [-0.4, -0.2) is 15.1 Å². The van der Waals surface area contributed by atoms with Crippen LogP contribution in [0.3, 0.4) is 0 Å². The van der Waals surface area contributed by atoms with Crippen molar-refractivity contribution in [2.75, 3.05) is 5.73 Å². The largest absolute Gasteiger partial charge is 0.383 e. The summed E-state index contributed by atoms with van der Waals surface area (Å²) in [6, 6.07) is 3.71. The standard InChI is InChI=1S/C13H15N3O/c1-8-5-10(13(14)16-6-8)12(17)11-7-15-4-3-9(11)2/h3-7,12,17H,1-2H3,(H2,14,16). The van der Waals surface area contributed by atoms with E-state index in [-0.39, 0.29) is 0 Å². The summed E-state index contributed by atoms with van der Waals surface area (Å²) in [6.07, 6.45) is 4.25. The smallest absolute Gasteiger partial charge is 0.129 e. The van der Waals surface area contributed by atoms with Crippen molar-refractivity contribution in [3.05, 3.63) is 53.0 Å². The molecule has 1 atom stereocenters. The highest BCUT2D eigenvalue weighted by molar-refractivity contribution is 5.46. The van der Waals surface area contributed by atoms with Crippen LogP contribution in [0.25, 0.3) is 0 Å². The molecule has 0 radical (unpaired) electrons. The van der Waals surface area contributed by atoms with Gasteiger partial charge in [-0.3, -0.25) is 4.98 Å². The number of aliphatic hydroxyl groups excluding tert-OH is 1. The molecule has 88 valence electrons. The zero-order valence-corrected chi connectivity index (χ0v) is 9.88. The normalized spacial score (nSPS) is 12.4. The number of pyridine rings is 2. The Bertz CT molecular complexity index is 540. The van der Waals surface area contributed by atoms with Crippen LogP contribution >= 0.6 is 0 Å². The average molecular weight is 229 g/mol. The van der Waals surface area contributed by atoms with Gasteiger partial charge in [-0.15, -0.1) is 0 Å². The molecule has 0 aliphatic carbocycles. The van der Waals surface area contributed by atoms with Crippen LogP contribution in [0.5, 0.6) is 0 Å². The molecule has 2 rings (SSSR count). The Morgan fingerprint density at radius 1 is 1.24 bits per heavy atom. The van der Waals surface area contributed by atoms with Crippen molar-refractivity contribution in [3.8, 4) is 0 Å². The highest BCUT2D eigenvalue weighted by Crippen LogP contribution is 2.27. The number of nitrogens with two attached hydrogens (primary N) is 1. The molecule has 4 heteroatoms. The topological polar surface area (TPSA) is 72.0 Å². The minimum absolute atomic E-state index is 0.353. The van der Waals surface area contributed by atoms with Crippen molar-refractivity contribution in [2.45, 2.75) is 20.0 Å². The van der Waals surface area contributed by atoms with Gasteiger partial charge in [-0.2, -0.15) is 0 Å². The summed E-state index contributed by atoms with van der Waals surface area (Å²) in [7, 11) is 0. The highest BCUT2D eigenvalue weighted by Gasteiger charge is 2.16. The second-order valence-corrected chi connectivity index (χ2v) is 4.12. The summed E-state index contributed by atoms with van der Waals surface area (Å²) in [5.41, 5.74) is 9.12. The first-order valence-electron chi connectivity index (χ1n) is 5.40. The van der Waals surface area contributed by atoms with Gasteiger partial charge in [0.05, 0.1) is 0 Å². The maximum Gasteiger partial charge on any atom is 0.129 e. The molecule has 0 aromatic carbocycles. The number of aromatic nitrogens is 2. The predicted molar refractivity (Wildman–Crippen MR) is 66.4 cm³/mol. The zero-order chi connectivity index (χ0) is 12.4. The third kappa shape index (κ3) is 2.26. The van der Waals surface area contributed by atoms with Gasteiger partial charge >= 0.3 is 0 Å². The second-order valence-electron chi connectivity index (χ2n) is 4.12. The van der Waals surface area contributed by atoms with Crippen LogP contribution in [0.2, 0.25) is 0 Å². The van der Waals surface area contributed by atoms with Gasteiger partial charge in [0.2, 0.25) is 0 Å². The molecule has 2 heterocycles. The number of nitrogens with zero attached hydrogens (tertiary/aromatic N) is 2. The Morgan fingerprint density at radius 2 is 2.00 bits per heavy atom. The molecule has 0 spiro atoms. The number of hydrogen-bond acceptors (Lipinski definition) is 4. The molecular weight excluding hydrogens is 214 g/mol. The van der Waals surface area contributed by atoms with Gasteiger partial charge in [-0.25, -0.2) is 4.98 Å². The average Bonchev–Trinajstić information content (AvgIpc) is 2.32. The molecule has 0 aliphatic heterocycles. The fourth-order valence-corrected chi connectivity index (χ4v) is 1.75. The van der Waals surface area contributed by atoms with Crippen LogP contribution in [0.15, 0.2) is 30.7 Å². The number of hydrogen-bond donors (Lipinski definition) is 2. The maximum atomic E-state index is 10.3. The minimum atomic E-state index is -0.781. The quantitative estimate of drug-likeness (QED) is 0.823. The van der Waals surface area contributed by atoms with Crippen LogP contribution < -0.4 is 5.73 Å². The molecular formula is C13H15N3O. The first-order chi connectivity index (χ1) is 8.09. The van der Waals surface area contributed by atoms with Crippen LogP contribution in [0.1, 0.15) is 28.4 Å². The van der Waals surface area contributed by atoms with E-state index in [1.807, 2.05) is 26.0 Å². The molecule has 0 saturated carbocycles. The Kier molecular flexibility index (Phi) is 3.06. The zero-order valence-electron chi connectivity index (χ0n) is 9.88. The SMILES string of the molecule is Cc1cnc(N)c(C(O)c2cnccc2C)c1. The summed E-state index contributed by atoms with van der Waals surface area (Å²) in [6.45, 7) is 3.85. The van der Waals surface area contributed by atoms with E-state index in [1.54, 1.807) is 18.6 Å². The van der Waals surface area contributed by atoms with E-state index in [0.717, 1.165) is 16.7 Å². The number of anilines is 1. The van der Waals surface area contributed by atoms with E-state index < -0.39 is 6.10 Å². The fourth-order valence-electron chi connectivity index (χ4n) is 1.75. The Balaban J connectivity index is 2.47. The molecule has 17 heavy (non-hydrogen) atoms. The van der Waals surface area contributed by atoms with Gasteiger partial charge in [-0.1, -0.05) is 0 Å². The van der Waals surface area contributed by atoms with Crippen molar-refractivity contribution in [1.29, 1.82) is 0 Å². The van der Waals surface area contributed by atoms with E-state index in [2.05, 4.69) is 9.97 Å². The van der Waals surface area contributed by atoms with E-state index in [4.69, 9.17) is 5.73 Å². The van der Waals surface area contributed by atoms with E-state index >= 15 is 0 Å². The summed E-state index contributed by atoms with van der Waals surface area (Å²) >= 11 is 0. The molecule has 2 aromatic rings. The van der Waals surface area contributed by atoms with Crippen molar-refractivity contribution >= 4 is 5.82 Å². The number of nitrogen functional groups attached to an aromatic ring is 1. The van der Waals surface area contributed by atoms with Crippen molar-refractivity contribution in [1.82, 2.24) is 9.97 Å². The first-order valence-corrected chi connectivity index (χ1v) is 5.40. The molecule has 2 aromatic heterocycles. The lowest BCUT2D eigenvalue weighted by molar-refractivity contribution is 0.219. The third-order valence-electron chi connectivity index (χ3n) is 2.75. The molecule has 0 bridgehead atoms. The molecule has 0 saturated heterocycles. The summed E-state index contributed by atoms with van der Waals surface area (Å²) in [5.74, 6) is 0.353. The molecule has 0 fully saturated rings. The Labute approximate surface area is 100 Å². The number of rotatable bonds is 2. The van der Waals surface area contributed by atoms with Gasteiger partial charge in [0.15, 0.2) is 0 Å². The van der Waals surface area contributed by atoms with Gasteiger partial charge in [0.25, 0.3) is 0 Å². The molecule has 0 aliphatic rings. The molecule has 1 unspecified atom stereocenters. The van der Waals surface area contributed by atoms with Crippen molar-refractivity contribution < 1.29 is 5.11 Å². The summed E-state index contributed by atoms with van der Waals surface area (Å²) in [4.78, 5) is 8.08. The lowest BCUT2D eigenvalue weighted by Crippen LogP contribution is -2.07. The molecule has 4 nitrogen and oxygen atoms in total. The first kappa shape index (κ1) is 11.5. The highest BCUT2D eigenvalue weighted by atomic mass is 16.3. The van der Waals surface area contributed by atoms with Crippen LogP contribution in [0.4, 0.5) is 5.82 Å². The van der Waals surface area contributed by atoms with Crippen LogP contribution in [-0.2, 0) is 0 Å². The van der Waals surface area contributed by atoms with Gasteiger partial charge in [0.1, 0.15) is 11.9 Å². The monoisotopic (exact) mass is 229 g/mol. The lowest BCUT2D eigenvalue weighted by Gasteiger charge is -2.15.